The lowest BCUT2D eigenvalue weighted by Crippen LogP contribution is -2.35. The van der Waals surface area contributed by atoms with Crippen molar-refractivity contribution in [3.63, 3.8) is 0 Å². The van der Waals surface area contributed by atoms with Gasteiger partial charge in [-0.25, -0.2) is 0 Å². The molecule has 0 N–H and O–H groups in total. The molecular weight excluding hydrogens is 280 g/mol. The van der Waals surface area contributed by atoms with Crippen molar-refractivity contribution in [1.29, 1.82) is 0 Å². The molecule has 21 heavy (non-hydrogen) atoms. The molecular formula is C17H14N2OS. The van der Waals surface area contributed by atoms with Crippen molar-refractivity contribution >= 4 is 28.0 Å². The van der Waals surface area contributed by atoms with Crippen LogP contribution in [-0.2, 0) is 13.0 Å². The first-order valence-corrected chi connectivity index (χ1v) is 7.89. The van der Waals surface area contributed by atoms with Crippen LogP contribution in [0.5, 0.6) is 0 Å². The standard InChI is InChI=1S/C17H14N2OS/c20-17(19-9-6-15-13(11-19)7-10-21-15)16-14-4-2-1-3-12(14)5-8-18-16/h1-5,7-8,10H,6,9,11H2. The van der Waals surface area contributed by atoms with Gasteiger partial charge in [0.25, 0.3) is 5.91 Å². The number of rotatable bonds is 1. The third-order valence-corrected chi connectivity index (χ3v) is 4.99. The van der Waals surface area contributed by atoms with E-state index in [0.29, 0.717) is 12.2 Å². The molecule has 4 rings (SSSR count). The second kappa shape index (κ2) is 4.97. The summed E-state index contributed by atoms with van der Waals surface area (Å²) in [6.45, 7) is 1.47. The first kappa shape index (κ1) is 12.5. The Kier molecular flexibility index (Phi) is 2.97. The number of aromatic nitrogens is 1. The van der Waals surface area contributed by atoms with Crippen LogP contribution in [0.2, 0.25) is 0 Å². The van der Waals surface area contributed by atoms with Gasteiger partial charge < -0.3 is 4.90 Å². The summed E-state index contributed by atoms with van der Waals surface area (Å²) < 4.78 is 0. The number of fused-ring (bicyclic) bond motifs is 2. The first-order chi connectivity index (χ1) is 10.3. The van der Waals surface area contributed by atoms with Crippen LogP contribution in [0.15, 0.2) is 48.0 Å². The number of carbonyl (C=O) groups excluding carboxylic acids is 1. The second-order valence-corrected chi connectivity index (χ2v) is 6.23. The summed E-state index contributed by atoms with van der Waals surface area (Å²) in [4.78, 5) is 20.5. The van der Waals surface area contributed by atoms with Gasteiger partial charge in [-0.15, -0.1) is 11.3 Å². The lowest BCUT2D eigenvalue weighted by Gasteiger charge is -2.27. The van der Waals surface area contributed by atoms with E-state index >= 15 is 0 Å². The van der Waals surface area contributed by atoms with Gasteiger partial charge in [-0.2, -0.15) is 0 Å². The Labute approximate surface area is 126 Å². The van der Waals surface area contributed by atoms with E-state index in [0.717, 1.165) is 23.7 Å². The highest BCUT2D eigenvalue weighted by Gasteiger charge is 2.24. The van der Waals surface area contributed by atoms with Crippen LogP contribution in [0.4, 0.5) is 0 Å². The van der Waals surface area contributed by atoms with Crippen LogP contribution >= 0.6 is 11.3 Å². The minimum absolute atomic E-state index is 0.0312. The summed E-state index contributed by atoms with van der Waals surface area (Å²) in [6.07, 6.45) is 2.67. The number of hydrogen-bond acceptors (Lipinski definition) is 3. The fraction of sp³-hybridized carbons (Fsp3) is 0.176. The summed E-state index contributed by atoms with van der Waals surface area (Å²) in [5.41, 5.74) is 1.84. The predicted octanol–water partition coefficient (Wildman–Crippen LogP) is 3.49. The Hall–Kier alpha value is -2.20. The second-order valence-electron chi connectivity index (χ2n) is 5.23. The topological polar surface area (TPSA) is 33.2 Å². The molecule has 0 unspecified atom stereocenters. The number of thiophene rings is 1. The molecule has 0 saturated heterocycles. The first-order valence-electron chi connectivity index (χ1n) is 7.01. The van der Waals surface area contributed by atoms with Crippen molar-refractivity contribution in [1.82, 2.24) is 9.88 Å². The van der Waals surface area contributed by atoms with E-state index in [1.807, 2.05) is 35.2 Å². The smallest absolute Gasteiger partial charge is 0.273 e. The van der Waals surface area contributed by atoms with E-state index in [1.165, 1.54) is 10.4 Å². The average Bonchev–Trinajstić information content (AvgIpc) is 3.01. The zero-order valence-electron chi connectivity index (χ0n) is 11.5. The summed E-state index contributed by atoms with van der Waals surface area (Å²) in [6, 6.07) is 12.0. The van der Waals surface area contributed by atoms with Gasteiger partial charge in [-0.1, -0.05) is 24.3 Å². The molecule has 104 valence electrons. The van der Waals surface area contributed by atoms with Crippen LogP contribution in [-0.4, -0.2) is 22.3 Å². The molecule has 3 nitrogen and oxygen atoms in total. The van der Waals surface area contributed by atoms with E-state index < -0.39 is 0 Å². The van der Waals surface area contributed by atoms with Gasteiger partial charge in [0.2, 0.25) is 0 Å². The lowest BCUT2D eigenvalue weighted by molar-refractivity contribution is 0.0732. The Morgan fingerprint density at radius 1 is 1.19 bits per heavy atom. The summed E-state index contributed by atoms with van der Waals surface area (Å²) >= 11 is 1.78. The molecule has 1 aliphatic rings. The molecule has 0 bridgehead atoms. The van der Waals surface area contributed by atoms with Crippen molar-refractivity contribution in [3.8, 4) is 0 Å². The molecule has 0 spiro atoms. The molecule has 0 fully saturated rings. The Morgan fingerprint density at radius 3 is 3.05 bits per heavy atom. The molecule has 4 heteroatoms. The number of benzene rings is 1. The van der Waals surface area contributed by atoms with E-state index in [-0.39, 0.29) is 5.91 Å². The number of carbonyl (C=O) groups is 1. The summed E-state index contributed by atoms with van der Waals surface area (Å²) in [5, 5.41) is 4.10. The SMILES string of the molecule is O=C(c1nccc2ccccc12)N1CCc2sccc2C1. The number of hydrogen-bond donors (Lipinski definition) is 0. The minimum atomic E-state index is 0.0312. The molecule has 0 aliphatic carbocycles. The molecule has 0 saturated carbocycles. The fourth-order valence-electron chi connectivity index (χ4n) is 2.86. The maximum absolute atomic E-state index is 12.8. The third kappa shape index (κ3) is 2.12. The predicted molar refractivity (Wildman–Crippen MR) is 84.5 cm³/mol. The van der Waals surface area contributed by atoms with Crippen molar-refractivity contribution < 1.29 is 4.79 Å². The molecule has 0 atom stereocenters. The molecule has 1 amide bonds. The molecule has 1 aromatic carbocycles. The largest absolute Gasteiger partial charge is 0.333 e. The van der Waals surface area contributed by atoms with Crippen molar-refractivity contribution in [2.45, 2.75) is 13.0 Å². The van der Waals surface area contributed by atoms with Crippen LogP contribution < -0.4 is 0 Å². The fourth-order valence-corrected chi connectivity index (χ4v) is 3.75. The van der Waals surface area contributed by atoms with E-state index in [2.05, 4.69) is 16.4 Å². The van der Waals surface area contributed by atoms with Gasteiger partial charge in [0.15, 0.2) is 0 Å². The van der Waals surface area contributed by atoms with Gasteiger partial charge in [-0.05, 0) is 34.9 Å². The Morgan fingerprint density at radius 2 is 2.10 bits per heavy atom. The van der Waals surface area contributed by atoms with Crippen molar-refractivity contribution in [2.75, 3.05) is 6.54 Å². The van der Waals surface area contributed by atoms with E-state index in [9.17, 15) is 4.79 Å². The average molecular weight is 294 g/mol. The van der Waals surface area contributed by atoms with Gasteiger partial charge >= 0.3 is 0 Å². The monoisotopic (exact) mass is 294 g/mol. The molecule has 2 aromatic heterocycles. The van der Waals surface area contributed by atoms with Gasteiger partial charge in [0.1, 0.15) is 5.69 Å². The quantitative estimate of drug-likeness (QED) is 0.688. The van der Waals surface area contributed by atoms with Gasteiger partial charge in [0, 0.05) is 29.5 Å². The highest BCUT2D eigenvalue weighted by atomic mass is 32.1. The number of pyridine rings is 1. The zero-order chi connectivity index (χ0) is 14.2. The highest BCUT2D eigenvalue weighted by Crippen LogP contribution is 2.26. The van der Waals surface area contributed by atoms with Gasteiger partial charge in [-0.3, -0.25) is 9.78 Å². The van der Waals surface area contributed by atoms with Crippen LogP contribution in [0.3, 0.4) is 0 Å². The molecule has 3 aromatic rings. The maximum atomic E-state index is 12.8. The zero-order valence-corrected chi connectivity index (χ0v) is 12.3. The summed E-state index contributed by atoms with van der Waals surface area (Å²) in [5.74, 6) is 0.0312. The van der Waals surface area contributed by atoms with Gasteiger partial charge in [0.05, 0.1) is 0 Å². The molecule has 0 radical (unpaired) electrons. The Bertz CT molecular complexity index is 819. The van der Waals surface area contributed by atoms with Crippen LogP contribution in [0, 0.1) is 0 Å². The normalized spacial score (nSPS) is 14.2. The van der Waals surface area contributed by atoms with E-state index in [4.69, 9.17) is 0 Å². The van der Waals surface area contributed by atoms with Crippen molar-refractivity contribution in [3.05, 3.63) is 64.1 Å². The minimum Gasteiger partial charge on any atom is -0.333 e. The summed E-state index contributed by atoms with van der Waals surface area (Å²) in [7, 11) is 0. The lowest BCUT2D eigenvalue weighted by atomic mass is 10.1. The highest BCUT2D eigenvalue weighted by molar-refractivity contribution is 7.10. The Balaban J connectivity index is 1.71. The van der Waals surface area contributed by atoms with Crippen LogP contribution in [0.25, 0.3) is 10.8 Å². The molecule has 1 aliphatic heterocycles. The van der Waals surface area contributed by atoms with Crippen molar-refractivity contribution in [2.24, 2.45) is 0 Å². The molecule has 3 heterocycles. The van der Waals surface area contributed by atoms with E-state index in [1.54, 1.807) is 17.5 Å². The third-order valence-electron chi connectivity index (χ3n) is 3.97. The number of nitrogens with zero attached hydrogens (tertiary/aromatic N) is 2. The maximum Gasteiger partial charge on any atom is 0.273 e. The van der Waals surface area contributed by atoms with Crippen LogP contribution in [0.1, 0.15) is 20.9 Å². The number of amides is 1.